The van der Waals surface area contributed by atoms with E-state index in [1.165, 1.54) is 6.20 Å². The van der Waals surface area contributed by atoms with Gasteiger partial charge in [-0.05, 0) is 18.9 Å². The van der Waals surface area contributed by atoms with Crippen LogP contribution in [0.15, 0.2) is 42.6 Å². The summed E-state index contributed by atoms with van der Waals surface area (Å²) in [6.45, 7) is 1.84. The molecule has 2 atom stereocenters. The Morgan fingerprint density at radius 3 is 2.44 bits per heavy atom. The van der Waals surface area contributed by atoms with Crippen molar-refractivity contribution in [1.82, 2.24) is 15.5 Å². The van der Waals surface area contributed by atoms with Crippen molar-refractivity contribution in [3.05, 3.63) is 48.2 Å². The van der Waals surface area contributed by atoms with Crippen LogP contribution in [0.1, 0.15) is 31.4 Å². The Kier molecular flexibility index (Phi) is 10.5. The number of aromatic amines is 1. The lowest BCUT2D eigenvalue weighted by Crippen LogP contribution is -2.37. The molecule has 0 saturated carbocycles. The van der Waals surface area contributed by atoms with E-state index in [-0.39, 0.29) is 49.1 Å². The number of anilines is 1. The third kappa shape index (κ3) is 7.55. The predicted molar refractivity (Wildman–Crippen MR) is 102 cm³/mol. The molecule has 0 radical (unpaired) electrons. The summed E-state index contributed by atoms with van der Waals surface area (Å²) in [4.78, 5) is 24.6. The van der Waals surface area contributed by atoms with Gasteiger partial charge in [0.15, 0.2) is 0 Å². The molecule has 1 aromatic heterocycles. The molecule has 2 amide bonds. The first kappa shape index (κ1) is 22.9. The number of hydrogen-bond donors (Lipinski definition) is 4. The highest BCUT2D eigenvalue weighted by Gasteiger charge is 2.23. The normalized spacial score (nSPS) is 12.1. The standard InChI is InChI=1S/C16H21N5O2.2ClH/c1-11(17)7-8-14(22)20-15(12-5-3-2-4-6-12)16(23)19-13-9-10-18-21-13;;/h2-6,9-11,15H,7-8,17H2,1H3,(H,20,22)(H2,18,19,21,23);2*1H. The summed E-state index contributed by atoms with van der Waals surface area (Å²) in [6, 6.07) is 9.88. The number of benzene rings is 1. The summed E-state index contributed by atoms with van der Waals surface area (Å²) in [6.07, 6.45) is 2.38. The van der Waals surface area contributed by atoms with Gasteiger partial charge in [0.2, 0.25) is 5.91 Å². The number of nitrogens with zero attached hydrogens (tertiary/aromatic N) is 1. The lowest BCUT2D eigenvalue weighted by Gasteiger charge is -2.18. The minimum absolute atomic E-state index is 0. The fourth-order valence-electron chi connectivity index (χ4n) is 2.07. The first-order chi connectivity index (χ1) is 11.1. The molecule has 0 fully saturated rings. The Bertz CT molecular complexity index is 635. The van der Waals surface area contributed by atoms with Crippen LogP contribution in [0.3, 0.4) is 0 Å². The van der Waals surface area contributed by atoms with E-state index in [0.717, 1.165) is 0 Å². The van der Waals surface area contributed by atoms with Gasteiger partial charge in [-0.1, -0.05) is 30.3 Å². The van der Waals surface area contributed by atoms with Gasteiger partial charge in [-0.2, -0.15) is 5.10 Å². The Hall–Kier alpha value is -2.09. The zero-order valence-corrected chi connectivity index (χ0v) is 15.4. The summed E-state index contributed by atoms with van der Waals surface area (Å²) in [5.74, 6) is -0.0775. The number of carbonyl (C=O) groups is 2. The fourth-order valence-corrected chi connectivity index (χ4v) is 2.07. The summed E-state index contributed by atoms with van der Waals surface area (Å²) in [5.41, 5.74) is 6.37. The second-order valence-corrected chi connectivity index (χ2v) is 5.39. The van der Waals surface area contributed by atoms with Crippen molar-refractivity contribution in [2.24, 2.45) is 5.73 Å². The minimum atomic E-state index is -0.778. The Morgan fingerprint density at radius 2 is 1.88 bits per heavy atom. The Morgan fingerprint density at radius 1 is 1.20 bits per heavy atom. The van der Waals surface area contributed by atoms with Gasteiger partial charge in [-0.15, -0.1) is 24.8 Å². The predicted octanol–water partition coefficient (Wildman–Crippen LogP) is 2.18. The van der Waals surface area contributed by atoms with Crippen LogP contribution in [0.5, 0.6) is 0 Å². The van der Waals surface area contributed by atoms with Gasteiger partial charge in [0.05, 0.1) is 6.20 Å². The average molecular weight is 388 g/mol. The molecule has 0 bridgehead atoms. The highest BCUT2D eigenvalue weighted by molar-refractivity contribution is 5.97. The van der Waals surface area contributed by atoms with Crippen LogP contribution in [0.25, 0.3) is 0 Å². The van der Waals surface area contributed by atoms with Gasteiger partial charge >= 0.3 is 0 Å². The van der Waals surface area contributed by atoms with E-state index in [4.69, 9.17) is 5.73 Å². The van der Waals surface area contributed by atoms with E-state index < -0.39 is 6.04 Å². The van der Waals surface area contributed by atoms with E-state index in [0.29, 0.717) is 17.8 Å². The molecule has 138 valence electrons. The van der Waals surface area contributed by atoms with Crippen LogP contribution in [-0.2, 0) is 9.59 Å². The second-order valence-electron chi connectivity index (χ2n) is 5.39. The Balaban J connectivity index is 0.00000288. The number of nitrogens with one attached hydrogen (secondary N) is 3. The maximum Gasteiger partial charge on any atom is 0.252 e. The third-order valence-electron chi connectivity index (χ3n) is 3.29. The minimum Gasteiger partial charge on any atom is -0.341 e. The van der Waals surface area contributed by atoms with E-state index in [2.05, 4.69) is 20.8 Å². The van der Waals surface area contributed by atoms with Gasteiger partial charge in [0.25, 0.3) is 5.91 Å². The molecule has 1 aromatic carbocycles. The monoisotopic (exact) mass is 387 g/mol. The number of H-pyrrole nitrogens is 1. The molecule has 25 heavy (non-hydrogen) atoms. The number of hydrogen-bond acceptors (Lipinski definition) is 4. The van der Waals surface area contributed by atoms with Crippen LogP contribution in [0.4, 0.5) is 5.82 Å². The lowest BCUT2D eigenvalue weighted by molar-refractivity contribution is -0.126. The van der Waals surface area contributed by atoms with Gasteiger partial charge in [0.1, 0.15) is 11.9 Å². The third-order valence-corrected chi connectivity index (χ3v) is 3.29. The number of carbonyl (C=O) groups excluding carboxylic acids is 2. The number of aromatic nitrogens is 2. The molecule has 0 saturated heterocycles. The number of nitrogens with two attached hydrogens (primary N) is 1. The zero-order chi connectivity index (χ0) is 16.7. The largest absolute Gasteiger partial charge is 0.341 e. The summed E-state index contributed by atoms with van der Waals surface area (Å²) in [5, 5.41) is 11.9. The molecule has 0 aliphatic carbocycles. The zero-order valence-electron chi connectivity index (χ0n) is 13.8. The molecule has 2 rings (SSSR count). The van der Waals surface area contributed by atoms with Crippen LogP contribution in [-0.4, -0.2) is 28.1 Å². The maximum absolute atomic E-state index is 12.5. The highest BCUT2D eigenvalue weighted by Crippen LogP contribution is 2.15. The Labute approximate surface area is 159 Å². The van der Waals surface area contributed by atoms with E-state index in [1.807, 2.05) is 25.1 Å². The molecule has 7 nitrogen and oxygen atoms in total. The molecule has 5 N–H and O–H groups in total. The second kappa shape index (κ2) is 11.5. The molecule has 2 aromatic rings. The van der Waals surface area contributed by atoms with Crippen LogP contribution in [0, 0.1) is 0 Å². The molecule has 0 spiro atoms. The molecular weight excluding hydrogens is 365 g/mol. The lowest BCUT2D eigenvalue weighted by atomic mass is 10.1. The molecule has 0 aliphatic rings. The van der Waals surface area contributed by atoms with Crippen molar-refractivity contribution >= 4 is 42.4 Å². The van der Waals surface area contributed by atoms with Crippen molar-refractivity contribution in [2.45, 2.75) is 31.8 Å². The number of rotatable bonds is 7. The van der Waals surface area contributed by atoms with Gasteiger partial charge in [-0.3, -0.25) is 14.7 Å². The molecule has 9 heteroatoms. The molecule has 0 aliphatic heterocycles. The van der Waals surface area contributed by atoms with E-state index in [9.17, 15) is 9.59 Å². The molecule has 2 unspecified atom stereocenters. The first-order valence-electron chi connectivity index (χ1n) is 7.46. The van der Waals surface area contributed by atoms with Crippen LogP contribution in [0.2, 0.25) is 0 Å². The summed E-state index contributed by atoms with van der Waals surface area (Å²) in [7, 11) is 0. The van der Waals surface area contributed by atoms with Gasteiger partial charge in [0, 0.05) is 18.5 Å². The highest BCUT2D eigenvalue weighted by atomic mass is 35.5. The molecule has 1 heterocycles. The number of amides is 2. The number of halogens is 2. The average Bonchev–Trinajstić information content (AvgIpc) is 3.04. The van der Waals surface area contributed by atoms with Crippen molar-refractivity contribution in [3.63, 3.8) is 0 Å². The maximum atomic E-state index is 12.5. The van der Waals surface area contributed by atoms with Crippen molar-refractivity contribution < 1.29 is 9.59 Å². The van der Waals surface area contributed by atoms with E-state index >= 15 is 0 Å². The van der Waals surface area contributed by atoms with Crippen molar-refractivity contribution in [1.29, 1.82) is 0 Å². The quantitative estimate of drug-likeness (QED) is 0.582. The van der Waals surface area contributed by atoms with Crippen molar-refractivity contribution in [3.8, 4) is 0 Å². The first-order valence-corrected chi connectivity index (χ1v) is 7.46. The topological polar surface area (TPSA) is 113 Å². The van der Waals surface area contributed by atoms with Crippen LogP contribution < -0.4 is 16.4 Å². The SMILES string of the molecule is CC(N)CCC(=O)NC(C(=O)Nc1ccn[nH]1)c1ccccc1.Cl.Cl. The summed E-state index contributed by atoms with van der Waals surface area (Å²) < 4.78 is 0. The van der Waals surface area contributed by atoms with Gasteiger partial charge < -0.3 is 16.4 Å². The smallest absolute Gasteiger partial charge is 0.252 e. The van der Waals surface area contributed by atoms with Crippen molar-refractivity contribution in [2.75, 3.05) is 5.32 Å². The molecular formula is C16H23Cl2N5O2. The van der Waals surface area contributed by atoms with Gasteiger partial charge in [-0.25, -0.2) is 0 Å². The fraction of sp³-hybridized carbons (Fsp3) is 0.312. The van der Waals surface area contributed by atoms with Crippen LogP contribution >= 0.6 is 24.8 Å². The summed E-state index contributed by atoms with van der Waals surface area (Å²) >= 11 is 0. The van der Waals surface area contributed by atoms with E-state index in [1.54, 1.807) is 18.2 Å².